The van der Waals surface area contributed by atoms with Crippen molar-refractivity contribution in [1.29, 1.82) is 0 Å². The molecule has 0 saturated carbocycles. The Kier molecular flexibility index (Phi) is 11.7. The summed E-state index contributed by atoms with van der Waals surface area (Å²) in [6, 6.07) is 0. The van der Waals surface area contributed by atoms with Crippen LogP contribution in [0.25, 0.3) is 0 Å². The second kappa shape index (κ2) is 7.47. The zero-order valence-electron chi connectivity index (χ0n) is 7.34. The molecule has 0 spiro atoms. The van der Waals surface area contributed by atoms with Gasteiger partial charge in [-0.2, -0.15) is 0 Å². The SMILES string of the molecule is CC1=C(C)[C]([Ti+3])=C(C)C1.[Cl-].[Cl-].[Cl-]. The van der Waals surface area contributed by atoms with Crippen LogP contribution in [0.5, 0.6) is 0 Å². The minimum absolute atomic E-state index is 0. The number of hydrogen-bond acceptors (Lipinski definition) is 0. The normalized spacial score (nSPS) is 15.1. The molecule has 1 rings (SSSR count). The zero-order chi connectivity index (χ0) is 7.02. The van der Waals surface area contributed by atoms with E-state index in [1.807, 2.05) is 0 Å². The zero-order valence-corrected chi connectivity index (χ0v) is 11.2. The average molecular weight is 261 g/mol. The van der Waals surface area contributed by atoms with Crippen molar-refractivity contribution >= 4 is 0 Å². The van der Waals surface area contributed by atoms with Crippen LogP contribution in [0.1, 0.15) is 27.2 Å². The molecular formula is C8H11Cl3Ti. The minimum atomic E-state index is 0. The van der Waals surface area contributed by atoms with E-state index in [9.17, 15) is 0 Å². The van der Waals surface area contributed by atoms with Gasteiger partial charge in [0.1, 0.15) is 0 Å². The fourth-order valence-electron chi connectivity index (χ4n) is 1.15. The van der Waals surface area contributed by atoms with Crippen LogP contribution in [0.2, 0.25) is 0 Å². The molecule has 0 atom stereocenters. The van der Waals surface area contributed by atoms with E-state index in [1.165, 1.54) is 15.9 Å². The molecule has 0 unspecified atom stereocenters. The van der Waals surface area contributed by atoms with Crippen molar-refractivity contribution in [3.63, 3.8) is 0 Å². The van der Waals surface area contributed by atoms with Crippen molar-refractivity contribution in [1.82, 2.24) is 0 Å². The molecule has 0 aliphatic heterocycles. The Labute approximate surface area is 105 Å². The summed E-state index contributed by atoms with van der Waals surface area (Å²) >= 11 is 2.21. The van der Waals surface area contributed by atoms with Gasteiger partial charge in [0.25, 0.3) is 0 Å². The third-order valence-corrected chi connectivity index (χ3v) is 3.22. The fourth-order valence-corrected chi connectivity index (χ4v) is 1.62. The van der Waals surface area contributed by atoms with Crippen molar-refractivity contribution in [2.45, 2.75) is 27.2 Å². The molecule has 0 nitrogen and oxygen atoms in total. The van der Waals surface area contributed by atoms with Crippen LogP contribution in [0.15, 0.2) is 20.6 Å². The predicted octanol–water partition coefficient (Wildman–Crippen LogP) is -6.44. The van der Waals surface area contributed by atoms with Gasteiger partial charge in [-0.15, -0.1) is 0 Å². The molecule has 0 N–H and O–H groups in total. The Balaban J connectivity index is -0.000000270. The maximum absolute atomic E-state index is 2.22. The second-order valence-electron chi connectivity index (χ2n) is 2.74. The van der Waals surface area contributed by atoms with E-state index in [-0.39, 0.29) is 37.2 Å². The third-order valence-electron chi connectivity index (χ3n) is 1.97. The molecule has 0 bridgehead atoms. The van der Waals surface area contributed by atoms with Crippen molar-refractivity contribution in [3.05, 3.63) is 20.6 Å². The van der Waals surface area contributed by atoms with E-state index >= 15 is 0 Å². The van der Waals surface area contributed by atoms with Gasteiger partial charge in [-0.05, 0) is 0 Å². The van der Waals surface area contributed by atoms with Gasteiger partial charge in [0.15, 0.2) is 0 Å². The van der Waals surface area contributed by atoms with Crippen LogP contribution in [0.3, 0.4) is 0 Å². The van der Waals surface area contributed by atoms with E-state index in [0.29, 0.717) is 0 Å². The summed E-state index contributed by atoms with van der Waals surface area (Å²) in [5.74, 6) is 0. The first-order valence-corrected chi connectivity index (χ1v) is 3.99. The molecule has 12 heavy (non-hydrogen) atoms. The smallest absolute Gasteiger partial charge is 1.00 e. The molecule has 0 saturated heterocycles. The van der Waals surface area contributed by atoms with Crippen LogP contribution in [-0.2, 0) is 20.4 Å². The van der Waals surface area contributed by atoms with Crippen molar-refractivity contribution in [3.8, 4) is 0 Å². The van der Waals surface area contributed by atoms with Gasteiger partial charge < -0.3 is 37.2 Å². The number of rotatable bonds is 0. The Morgan fingerprint density at radius 1 is 0.917 bits per heavy atom. The molecule has 4 heteroatoms. The van der Waals surface area contributed by atoms with Gasteiger partial charge in [0.2, 0.25) is 0 Å². The Morgan fingerprint density at radius 3 is 1.42 bits per heavy atom. The maximum Gasteiger partial charge on any atom is -1.00 e. The van der Waals surface area contributed by atoms with Crippen molar-refractivity contribution < 1.29 is 57.7 Å². The number of hydrogen-bond donors (Lipinski definition) is 0. The summed E-state index contributed by atoms with van der Waals surface area (Å²) in [6.45, 7) is 6.64. The summed E-state index contributed by atoms with van der Waals surface area (Å²) in [6.07, 6.45) is 1.21. The predicted molar refractivity (Wildman–Crippen MR) is 35.7 cm³/mol. The van der Waals surface area contributed by atoms with Gasteiger partial charge in [0, 0.05) is 0 Å². The third kappa shape index (κ3) is 3.85. The summed E-state index contributed by atoms with van der Waals surface area (Å²) < 4.78 is 1.51. The largest absolute Gasteiger partial charge is 1.00 e. The molecule has 0 aromatic rings. The van der Waals surface area contributed by atoms with E-state index < -0.39 is 0 Å². The summed E-state index contributed by atoms with van der Waals surface area (Å²) in [7, 11) is 0. The number of halogens is 3. The van der Waals surface area contributed by atoms with Gasteiger partial charge in [-0.3, -0.25) is 0 Å². The van der Waals surface area contributed by atoms with Gasteiger partial charge in [-0.1, -0.05) is 0 Å². The standard InChI is InChI=1S/C8H11.3ClH.Ti/c1-6-4-7(2)8(3)5-6;;;;/h4H2,1-3H3;3*1H;/q;;;;+3/p-3. The quantitative estimate of drug-likeness (QED) is 0.381. The topological polar surface area (TPSA) is 0 Å². The Hall–Kier alpha value is 1.06. The van der Waals surface area contributed by atoms with Crippen LogP contribution in [0, 0.1) is 0 Å². The molecule has 0 radical (unpaired) electrons. The van der Waals surface area contributed by atoms with E-state index in [0.717, 1.165) is 0 Å². The Bertz CT molecular complexity index is 184. The molecule has 0 heterocycles. The van der Waals surface area contributed by atoms with Crippen molar-refractivity contribution in [2.24, 2.45) is 0 Å². The minimum Gasteiger partial charge on any atom is -1.00 e. The van der Waals surface area contributed by atoms with Gasteiger partial charge in [0.05, 0.1) is 0 Å². The first-order valence-electron chi connectivity index (χ1n) is 3.21. The first kappa shape index (κ1) is 18.8. The van der Waals surface area contributed by atoms with Crippen LogP contribution >= 0.6 is 0 Å². The first-order chi connectivity index (χ1) is 4.13. The van der Waals surface area contributed by atoms with E-state index in [4.69, 9.17) is 0 Å². The number of allylic oxidation sites excluding steroid dienone is 4. The molecular weight excluding hydrogens is 250 g/mol. The molecule has 1 aliphatic carbocycles. The van der Waals surface area contributed by atoms with Crippen LogP contribution in [0.4, 0.5) is 0 Å². The fraction of sp³-hybridized carbons (Fsp3) is 0.500. The molecule has 0 amide bonds. The van der Waals surface area contributed by atoms with E-state index in [1.54, 1.807) is 11.1 Å². The molecule has 68 valence electrons. The molecule has 1 aliphatic rings. The summed E-state index contributed by atoms with van der Waals surface area (Å²) in [5.41, 5.74) is 4.60. The maximum atomic E-state index is 2.22. The molecule has 0 aromatic carbocycles. The average Bonchev–Trinajstić information content (AvgIpc) is 1.98. The summed E-state index contributed by atoms with van der Waals surface area (Å²) in [5, 5.41) is 0. The van der Waals surface area contributed by atoms with Gasteiger partial charge in [-0.25, -0.2) is 0 Å². The van der Waals surface area contributed by atoms with Gasteiger partial charge >= 0.3 is 68.2 Å². The molecule has 0 fully saturated rings. The monoisotopic (exact) mass is 260 g/mol. The Morgan fingerprint density at radius 2 is 1.33 bits per heavy atom. The van der Waals surface area contributed by atoms with Crippen LogP contribution in [-0.4, -0.2) is 0 Å². The summed E-state index contributed by atoms with van der Waals surface area (Å²) in [4.78, 5) is 0. The van der Waals surface area contributed by atoms with Crippen LogP contribution < -0.4 is 37.2 Å². The second-order valence-corrected chi connectivity index (χ2v) is 3.52. The molecule has 0 aromatic heterocycles. The van der Waals surface area contributed by atoms with Crippen molar-refractivity contribution in [2.75, 3.05) is 0 Å². The van der Waals surface area contributed by atoms with E-state index in [2.05, 4.69) is 41.2 Å².